The lowest BCUT2D eigenvalue weighted by Gasteiger charge is -2.16. The maximum absolute atomic E-state index is 11.7. The Morgan fingerprint density at radius 1 is 1.21 bits per heavy atom. The second-order valence-electron chi connectivity index (χ2n) is 4.22. The van der Waals surface area contributed by atoms with E-state index >= 15 is 0 Å². The minimum Gasteiger partial charge on any atom is -0.494 e. The first kappa shape index (κ1) is 15.0. The fraction of sp³-hybridized carbons (Fsp3) is 0.429. The van der Waals surface area contributed by atoms with Gasteiger partial charge in [-0.1, -0.05) is 6.07 Å². The molecule has 1 rings (SSSR count). The molecule has 104 valence electrons. The molecule has 0 unspecified atom stereocenters. The van der Waals surface area contributed by atoms with Gasteiger partial charge in [-0.15, -0.1) is 0 Å². The van der Waals surface area contributed by atoms with Crippen LogP contribution in [0.25, 0.3) is 0 Å². The fourth-order valence-electron chi connectivity index (χ4n) is 1.82. The number of anilines is 1. The lowest BCUT2D eigenvalue weighted by molar-refractivity contribution is -0.152. The Morgan fingerprint density at radius 2 is 1.84 bits per heavy atom. The van der Waals surface area contributed by atoms with Gasteiger partial charge in [0, 0.05) is 0 Å². The van der Waals surface area contributed by atoms with E-state index in [1.807, 2.05) is 26.8 Å². The Kier molecular flexibility index (Phi) is 4.92. The van der Waals surface area contributed by atoms with Crippen molar-refractivity contribution in [3.05, 3.63) is 22.8 Å². The molecule has 0 saturated carbocycles. The first-order valence-corrected chi connectivity index (χ1v) is 6.05. The van der Waals surface area contributed by atoms with Crippen molar-refractivity contribution < 1.29 is 19.1 Å². The number of benzene rings is 1. The van der Waals surface area contributed by atoms with E-state index < -0.39 is 11.9 Å². The maximum atomic E-state index is 11.7. The summed E-state index contributed by atoms with van der Waals surface area (Å²) in [6, 6.07) is 1.93. The smallest absolute Gasteiger partial charge is 0.397 e. The molecule has 1 N–H and O–H groups in total. The summed E-state index contributed by atoms with van der Waals surface area (Å²) in [6.45, 7) is 7.51. The maximum Gasteiger partial charge on any atom is 0.397 e. The number of aryl methyl sites for hydroxylation is 2. The highest BCUT2D eigenvalue weighted by Crippen LogP contribution is 2.34. The fourth-order valence-corrected chi connectivity index (χ4v) is 1.82. The van der Waals surface area contributed by atoms with E-state index in [0.717, 1.165) is 16.7 Å². The zero-order valence-electron chi connectivity index (χ0n) is 11.9. The van der Waals surface area contributed by atoms with Gasteiger partial charge >= 0.3 is 11.9 Å². The second kappa shape index (κ2) is 6.22. The van der Waals surface area contributed by atoms with Crippen LogP contribution in [0.5, 0.6) is 5.75 Å². The van der Waals surface area contributed by atoms with Crippen LogP contribution in [0.3, 0.4) is 0 Å². The molecule has 0 aromatic heterocycles. The summed E-state index contributed by atoms with van der Waals surface area (Å²) in [6.07, 6.45) is 0. The van der Waals surface area contributed by atoms with Crippen molar-refractivity contribution >= 4 is 17.6 Å². The normalized spacial score (nSPS) is 9.95. The molecule has 1 aromatic rings. The molecule has 0 aliphatic carbocycles. The molecule has 0 aliphatic rings. The minimum absolute atomic E-state index is 0.162. The summed E-state index contributed by atoms with van der Waals surface area (Å²) in [7, 11) is 1.53. The minimum atomic E-state index is -0.901. The van der Waals surface area contributed by atoms with E-state index in [2.05, 4.69) is 10.1 Å². The Labute approximate surface area is 112 Å². The van der Waals surface area contributed by atoms with Crippen LogP contribution in [0.2, 0.25) is 0 Å². The highest BCUT2D eigenvalue weighted by molar-refractivity contribution is 6.37. The lowest BCUT2D eigenvalue weighted by Crippen LogP contribution is -2.25. The first-order chi connectivity index (χ1) is 8.92. The summed E-state index contributed by atoms with van der Waals surface area (Å²) in [5.41, 5.74) is 3.32. The number of hydrogen-bond acceptors (Lipinski definition) is 4. The van der Waals surface area contributed by atoms with Crippen LogP contribution in [-0.4, -0.2) is 25.6 Å². The van der Waals surface area contributed by atoms with Crippen molar-refractivity contribution in [2.75, 3.05) is 19.0 Å². The Hall–Kier alpha value is -2.04. The van der Waals surface area contributed by atoms with Crippen molar-refractivity contribution in [2.45, 2.75) is 27.7 Å². The third-order valence-corrected chi connectivity index (χ3v) is 2.89. The summed E-state index contributed by atoms with van der Waals surface area (Å²) in [5.74, 6) is -1.14. The second-order valence-corrected chi connectivity index (χ2v) is 4.22. The zero-order chi connectivity index (χ0) is 14.6. The van der Waals surface area contributed by atoms with Gasteiger partial charge in [0.05, 0.1) is 19.4 Å². The van der Waals surface area contributed by atoms with Crippen LogP contribution in [0.4, 0.5) is 5.69 Å². The predicted molar refractivity (Wildman–Crippen MR) is 72.5 cm³/mol. The molecule has 0 bridgehead atoms. The Balaban J connectivity index is 3.11. The van der Waals surface area contributed by atoms with Gasteiger partial charge in [-0.3, -0.25) is 4.79 Å². The first-order valence-electron chi connectivity index (χ1n) is 6.05. The molecular weight excluding hydrogens is 246 g/mol. The third kappa shape index (κ3) is 3.24. The molecule has 19 heavy (non-hydrogen) atoms. The van der Waals surface area contributed by atoms with Crippen molar-refractivity contribution in [2.24, 2.45) is 0 Å². The summed E-state index contributed by atoms with van der Waals surface area (Å²) >= 11 is 0. The van der Waals surface area contributed by atoms with E-state index in [4.69, 9.17) is 4.74 Å². The van der Waals surface area contributed by atoms with Crippen molar-refractivity contribution in [3.63, 3.8) is 0 Å². The van der Waals surface area contributed by atoms with Gasteiger partial charge in [-0.05, 0) is 44.4 Å². The van der Waals surface area contributed by atoms with Gasteiger partial charge in [0.2, 0.25) is 0 Å². The van der Waals surface area contributed by atoms with Gasteiger partial charge in [0.25, 0.3) is 0 Å². The molecule has 0 radical (unpaired) electrons. The molecular formula is C14H19NO4. The average Bonchev–Trinajstić information content (AvgIpc) is 2.36. The number of ether oxygens (including phenoxy) is 2. The standard InChI is InChI=1S/C14H19NO4/c1-6-19-14(17)13(16)15-11-9(3)7-8(2)10(4)12(11)18-5/h7H,6H2,1-5H3,(H,15,16). The predicted octanol–water partition coefficient (Wildman–Crippen LogP) is 2.12. The van der Waals surface area contributed by atoms with Crippen molar-refractivity contribution in [1.29, 1.82) is 0 Å². The number of methoxy groups -OCH3 is 1. The van der Waals surface area contributed by atoms with Crippen LogP contribution >= 0.6 is 0 Å². The van der Waals surface area contributed by atoms with Gasteiger partial charge in [-0.2, -0.15) is 0 Å². The lowest BCUT2D eigenvalue weighted by atomic mass is 10.0. The van der Waals surface area contributed by atoms with Crippen LogP contribution < -0.4 is 10.1 Å². The van der Waals surface area contributed by atoms with Crippen molar-refractivity contribution in [1.82, 2.24) is 0 Å². The summed E-state index contributed by atoms with van der Waals surface area (Å²) < 4.78 is 9.96. The molecule has 5 heteroatoms. The number of hydrogen-bond donors (Lipinski definition) is 1. The summed E-state index contributed by atoms with van der Waals surface area (Å²) in [5, 5.41) is 2.54. The van der Waals surface area contributed by atoms with E-state index in [1.165, 1.54) is 7.11 Å². The molecule has 1 aromatic carbocycles. The van der Waals surface area contributed by atoms with E-state index in [0.29, 0.717) is 11.4 Å². The van der Waals surface area contributed by atoms with Gasteiger partial charge in [0.1, 0.15) is 5.75 Å². The molecule has 0 heterocycles. The van der Waals surface area contributed by atoms with Crippen LogP contribution in [0.1, 0.15) is 23.6 Å². The number of carbonyl (C=O) groups excluding carboxylic acids is 2. The number of rotatable bonds is 3. The van der Waals surface area contributed by atoms with Gasteiger partial charge in [-0.25, -0.2) is 4.79 Å². The molecule has 5 nitrogen and oxygen atoms in total. The topological polar surface area (TPSA) is 64.6 Å². The largest absolute Gasteiger partial charge is 0.494 e. The quantitative estimate of drug-likeness (QED) is 0.671. The van der Waals surface area contributed by atoms with E-state index in [1.54, 1.807) is 6.92 Å². The van der Waals surface area contributed by atoms with E-state index in [-0.39, 0.29) is 6.61 Å². The van der Waals surface area contributed by atoms with Crippen LogP contribution in [-0.2, 0) is 14.3 Å². The molecule has 0 atom stereocenters. The van der Waals surface area contributed by atoms with E-state index in [9.17, 15) is 9.59 Å². The van der Waals surface area contributed by atoms with Gasteiger partial charge in [0.15, 0.2) is 0 Å². The number of carbonyl (C=O) groups is 2. The summed E-state index contributed by atoms with van der Waals surface area (Å²) in [4.78, 5) is 23.0. The van der Waals surface area contributed by atoms with Crippen molar-refractivity contribution in [3.8, 4) is 5.75 Å². The monoisotopic (exact) mass is 265 g/mol. The molecule has 0 spiro atoms. The number of esters is 1. The SMILES string of the molecule is CCOC(=O)C(=O)Nc1c(C)cc(C)c(C)c1OC. The highest BCUT2D eigenvalue weighted by Gasteiger charge is 2.20. The molecule has 0 aliphatic heterocycles. The Morgan fingerprint density at radius 3 is 2.37 bits per heavy atom. The zero-order valence-corrected chi connectivity index (χ0v) is 11.9. The molecule has 1 amide bonds. The van der Waals surface area contributed by atoms with Gasteiger partial charge < -0.3 is 14.8 Å². The molecule has 0 fully saturated rings. The van der Waals surface area contributed by atoms with Crippen LogP contribution in [0, 0.1) is 20.8 Å². The highest BCUT2D eigenvalue weighted by atomic mass is 16.5. The Bertz CT molecular complexity index is 509. The molecule has 0 saturated heterocycles. The number of amides is 1. The van der Waals surface area contributed by atoms with Crippen LogP contribution in [0.15, 0.2) is 6.07 Å². The third-order valence-electron chi connectivity index (χ3n) is 2.89. The average molecular weight is 265 g/mol. The number of nitrogens with one attached hydrogen (secondary N) is 1.